The van der Waals surface area contributed by atoms with Crippen molar-refractivity contribution in [2.24, 2.45) is 0 Å². The van der Waals surface area contributed by atoms with Crippen molar-refractivity contribution in [3.63, 3.8) is 0 Å². The second-order valence-electron chi connectivity index (χ2n) is 4.80. The zero-order valence-electron chi connectivity index (χ0n) is 15.5. The van der Waals surface area contributed by atoms with Crippen LogP contribution in [0.2, 0.25) is 0 Å². The Labute approximate surface area is 148 Å². The summed E-state index contributed by atoms with van der Waals surface area (Å²) < 4.78 is 20.7. The summed E-state index contributed by atoms with van der Waals surface area (Å²) in [6, 6.07) is 3.60. The minimum Gasteiger partial charge on any atom is -0.496 e. The molecule has 0 atom stereocenters. The van der Waals surface area contributed by atoms with Gasteiger partial charge in [0, 0.05) is 17.5 Å². The van der Waals surface area contributed by atoms with Gasteiger partial charge >= 0.3 is 11.9 Å². The van der Waals surface area contributed by atoms with Gasteiger partial charge in [-0.05, 0) is 32.1 Å². The number of hydrogen-bond donors (Lipinski definition) is 0. The molecule has 1 aliphatic heterocycles. The number of esters is 2. The molecule has 0 spiro atoms. The van der Waals surface area contributed by atoms with Crippen molar-refractivity contribution < 1.29 is 28.5 Å². The van der Waals surface area contributed by atoms with Gasteiger partial charge in [0.05, 0.1) is 26.9 Å². The highest BCUT2D eigenvalue weighted by Crippen LogP contribution is 2.34. The maximum Gasteiger partial charge on any atom is 0.345 e. The first-order valence-electron chi connectivity index (χ1n) is 8.50. The molecule has 0 amide bonds. The molecule has 6 nitrogen and oxygen atoms in total. The molecule has 0 saturated carbocycles. The Morgan fingerprint density at radius 1 is 1.12 bits per heavy atom. The minimum absolute atomic E-state index is 0.167. The third-order valence-electron chi connectivity index (χ3n) is 3.33. The molecule has 138 valence electrons. The van der Waals surface area contributed by atoms with E-state index in [9.17, 15) is 9.59 Å². The van der Waals surface area contributed by atoms with Gasteiger partial charge in [-0.25, -0.2) is 9.59 Å². The summed E-state index contributed by atoms with van der Waals surface area (Å²) in [4.78, 5) is 24.1. The van der Waals surface area contributed by atoms with Crippen LogP contribution in [0.3, 0.4) is 0 Å². The number of ether oxygens (including phenoxy) is 4. The van der Waals surface area contributed by atoms with E-state index in [4.69, 9.17) is 18.9 Å². The Morgan fingerprint density at radius 3 is 2.24 bits per heavy atom. The highest BCUT2D eigenvalue weighted by atomic mass is 16.6. The van der Waals surface area contributed by atoms with Gasteiger partial charge in [0.1, 0.15) is 17.1 Å². The molecule has 0 N–H and O–H groups in total. The van der Waals surface area contributed by atoms with Crippen molar-refractivity contribution in [1.82, 2.24) is 0 Å². The second kappa shape index (κ2) is 10.4. The van der Waals surface area contributed by atoms with E-state index >= 15 is 0 Å². The Hall–Kier alpha value is -2.50. The minimum atomic E-state index is -0.727. The van der Waals surface area contributed by atoms with Crippen LogP contribution in [0.4, 0.5) is 0 Å². The fraction of sp³-hybridized carbons (Fsp3) is 0.474. The predicted molar refractivity (Wildman–Crippen MR) is 94.8 cm³/mol. The largest absolute Gasteiger partial charge is 0.496 e. The number of carbonyl (C=O) groups is 2. The third kappa shape index (κ3) is 5.24. The lowest BCUT2D eigenvalue weighted by atomic mass is 10.1. The quantitative estimate of drug-likeness (QED) is 0.340. The molecule has 0 aromatic heterocycles. The summed E-state index contributed by atoms with van der Waals surface area (Å²) in [5, 5.41) is 0. The standard InChI is InChI=1S/C17H20O6.C2H6/c1-4-21-16(18)13(17(19)22-5-2)8-12-10-15-11(6-7-23-15)9-14(12)20-3;1-2/h8-10H,4-7H2,1-3H3;1-2H3. The van der Waals surface area contributed by atoms with Crippen LogP contribution in [0, 0.1) is 0 Å². The van der Waals surface area contributed by atoms with E-state index in [-0.39, 0.29) is 18.8 Å². The third-order valence-corrected chi connectivity index (χ3v) is 3.33. The zero-order valence-corrected chi connectivity index (χ0v) is 15.5. The van der Waals surface area contributed by atoms with Gasteiger partial charge in [-0.3, -0.25) is 0 Å². The zero-order chi connectivity index (χ0) is 18.8. The Bertz CT molecular complexity index is 613. The summed E-state index contributed by atoms with van der Waals surface area (Å²) in [5.41, 5.74) is 1.42. The fourth-order valence-electron chi connectivity index (χ4n) is 2.28. The van der Waals surface area contributed by atoms with E-state index in [1.807, 2.05) is 19.9 Å². The van der Waals surface area contributed by atoms with Gasteiger partial charge in [0.25, 0.3) is 0 Å². The fourth-order valence-corrected chi connectivity index (χ4v) is 2.28. The average molecular weight is 350 g/mol. The van der Waals surface area contributed by atoms with Gasteiger partial charge in [-0.1, -0.05) is 13.8 Å². The van der Waals surface area contributed by atoms with Gasteiger partial charge in [-0.2, -0.15) is 0 Å². The van der Waals surface area contributed by atoms with Crippen molar-refractivity contribution in [1.29, 1.82) is 0 Å². The number of carbonyl (C=O) groups excluding carboxylic acids is 2. The molecule has 0 unspecified atom stereocenters. The van der Waals surface area contributed by atoms with Crippen molar-refractivity contribution in [2.75, 3.05) is 26.9 Å². The predicted octanol–water partition coefficient (Wildman–Crippen LogP) is 3.17. The molecule has 0 fully saturated rings. The molecule has 0 bridgehead atoms. The molecule has 0 saturated heterocycles. The Morgan fingerprint density at radius 2 is 1.72 bits per heavy atom. The van der Waals surface area contributed by atoms with Gasteiger partial charge in [0.15, 0.2) is 0 Å². The van der Waals surface area contributed by atoms with Crippen LogP contribution in [0.5, 0.6) is 11.5 Å². The smallest absolute Gasteiger partial charge is 0.345 e. The number of benzene rings is 1. The molecule has 2 rings (SSSR count). The van der Waals surface area contributed by atoms with Crippen LogP contribution < -0.4 is 9.47 Å². The van der Waals surface area contributed by atoms with E-state index < -0.39 is 11.9 Å². The van der Waals surface area contributed by atoms with Crippen LogP contribution >= 0.6 is 0 Å². The first-order valence-corrected chi connectivity index (χ1v) is 8.50. The van der Waals surface area contributed by atoms with Crippen molar-refractivity contribution in [3.05, 3.63) is 28.8 Å². The molecule has 1 aromatic rings. The van der Waals surface area contributed by atoms with Crippen molar-refractivity contribution in [2.45, 2.75) is 34.1 Å². The maximum atomic E-state index is 12.0. The van der Waals surface area contributed by atoms with Crippen molar-refractivity contribution >= 4 is 18.0 Å². The molecular formula is C19H26O6. The molecule has 1 heterocycles. The Kier molecular flexibility index (Phi) is 8.53. The average Bonchev–Trinajstić information content (AvgIpc) is 3.08. The molecule has 6 heteroatoms. The number of methoxy groups -OCH3 is 1. The molecule has 1 aliphatic rings. The van der Waals surface area contributed by atoms with Crippen LogP contribution in [0.15, 0.2) is 17.7 Å². The molecular weight excluding hydrogens is 324 g/mol. The van der Waals surface area contributed by atoms with E-state index in [1.165, 1.54) is 13.2 Å². The molecule has 25 heavy (non-hydrogen) atoms. The van der Waals surface area contributed by atoms with Gasteiger partial charge < -0.3 is 18.9 Å². The summed E-state index contributed by atoms with van der Waals surface area (Å²) in [5.74, 6) is -0.173. The topological polar surface area (TPSA) is 71.1 Å². The molecule has 1 aromatic carbocycles. The van der Waals surface area contributed by atoms with Crippen LogP contribution in [0.1, 0.15) is 38.8 Å². The number of hydrogen-bond acceptors (Lipinski definition) is 6. The molecule has 0 aliphatic carbocycles. The van der Waals surface area contributed by atoms with E-state index in [2.05, 4.69) is 0 Å². The highest BCUT2D eigenvalue weighted by molar-refractivity contribution is 6.17. The second-order valence-corrected chi connectivity index (χ2v) is 4.80. The summed E-state index contributed by atoms with van der Waals surface area (Å²) in [6.07, 6.45) is 2.22. The maximum absolute atomic E-state index is 12.0. The number of fused-ring (bicyclic) bond motifs is 1. The summed E-state index contributed by atoms with van der Waals surface area (Å²) in [6.45, 7) is 8.28. The molecule has 0 radical (unpaired) electrons. The van der Waals surface area contributed by atoms with Gasteiger partial charge in [-0.15, -0.1) is 0 Å². The lowest BCUT2D eigenvalue weighted by Gasteiger charge is -2.10. The summed E-state index contributed by atoms with van der Waals surface area (Å²) in [7, 11) is 1.53. The normalized spacial score (nSPS) is 11.2. The SMILES string of the molecule is CC.CCOC(=O)C(=Cc1cc2c(cc1OC)CCO2)C(=O)OCC. The first-order chi connectivity index (χ1) is 12.1. The monoisotopic (exact) mass is 350 g/mol. The lowest BCUT2D eigenvalue weighted by Crippen LogP contribution is -2.18. The highest BCUT2D eigenvalue weighted by Gasteiger charge is 2.23. The van der Waals surface area contributed by atoms with E-state index in [1.54, 1.807) is 19.9 Å². The van der Waals surface area contributed by atoms with E-state index in [0.29, 0.717) is 17.9 Å². The number of rotatable bonds is 6. The lowest BCUT2D eigenvalue weighted by molar-refractivity contribution is -0.146. The van der Waals surface area contributed by atoms with Crippen LogP contribution in [-0.2, 0) is 25.5 Å². The van der Waals surface area contributed by atoms with Gasteiger partial charge in [0.2, 0.25) is 0 Å². The van der Waals surface area contributed by atoms with E-state index in [0.717, 1.165) is 17.7 Å². The van der Waals surface area contributed by atoms with Crippen LogP contribution in [-0.4, -0.2) is 38.9 Å². The summed E-state index contributed by atoms with van der Waals surface area (Å²) >= 11 is 0. The van der Waals surface area contributed by atoms with Crippen LogP contribution in [0.25, 0.3) is 6.08 Å². The Balaban J connectivity index is 0.00000151. The van der Waals surface area contributed by atoms with Crippen molar-refractivity contribution in [3.8, 4) is 11.5 Å². The first kappa shape index (κ1) is 20.5.